The summed E-state index contributed by atoms with van der Waals surface area (Å²) in [5.41, 5.74) is 2.50. The van der Waals surface area contributed by atoms with E-state index < -0.39 is 0 Å². The number of nitrogens with one attached hydrogen (secondary N) is 1. The van der Waals surface area contributed by atoms with Crippen molar-refractivity contribution in [2.75, 3.05) is 18.9 Å². The van der Waals surface area contributed by atoms with Crippen LogP contribution in [0, 0.1) is 12.8 Å². The number of carbonyl (C=O) groups excluding carboxylic acids is 2. The lowest BCUT2D eigenvalue weighted by Gasteiger charge is -2.25. The van der Waals surface area contributed by atoms with Crippen molar-refractivity contribution in [3.63, 3.8) is 0 Å². The first kappa shape index (κ1) is 20.1. The predicted octanol–water partition coefficient (Wildman–Crippen LogP) is 4.68. The molecule has 2 amide bonds. The molecule has 1 heterocycles. The lowest BCUT2D eigenvalue weighted by atomic mass is 9.87. The molecule has 1 aromatic heterocycles. The summed E-state index contributed by atoms with van der Waals surface area (Å²) < 4.78 is 0. The van der Waals surface area contributed by atoms with Crippen LogP contribution >= 0.6 is 0 Å². The van der Waals surface area contributed by atoms with E-state index in [2.05, 4.69) is 10.3 Å². The molecule has 1 aliphatic carbocycles. The fraction of sp³-hybridized carbons (Fsp3) is 0.435. The summed E-state index contributed by atoms with van der Waals surface area (Å²) in [6, 6.07) is 8.87. The van der Waals surface area contributed by atoms with Crippen LogP contribution < -0.4 is 5.32 Å². The van der Waals surface area contributed by atoms with Crippen molar-refractivity contribution in [3.05, 3.63) is 59.4 Å². The number of carbonyl (C=O) groups is 2. The van der Waals surface area contributed by atoms with E-state index in [9.17, 15) is 9.59 Å². The van der Waals surface area contributed by atoms with Gasteiger partial charge in [0.2, 0.25) is 0 Å². The Kier molecular flexibility index (Phi) is 6.80. The van der Waals surface area contributed by atoms with Gasteiger partial charge in [-0.05, 0) is 43.0 Å². The molecule has 0 aliphatic heterocycles. The fourth-order valence-corrected chi connectivity index (χ4v) is 3.86. The van der Waals surface area contributed by atoms with Crippen LogP contribution in [0.15, 0.2) is 42.7 Å². The fourth-order valence-electron chi connectivity index (χ4n) is 3.86. The highest BCUT2D eigenvalue weighted by molar-refractivity contribution is 6.09. The van der Waals surface area contributed by atoms with E-state index >= 15 is 0 Å². The first-order chi connectivity index (χ1) is 13.6. The van der Waals surface area contributed by atoms with Crippen LogP contribution in [0.5, 0.6) is 0 Å². The number of aryl methyl sites for hydroxylation is 1. The third-order valence-corrected chi connectivity index (χ3v) is 5.63. The predicted molar refractivity (Wildman–Crippen MR) is 112 cm³/mol. The Labute approximate surface area is 167 Å². The largest absolute Gasteiger partial charge is 0.342 e. The zero-order valence-electron chi connectivity index (χ0n) is 16.8. The molecule has 0 saturated heterocycles. The van der Waals surface area contributed by atoms with Crippen molar-refractivity contribution >= 4 is 17.5 Å². The van der Waals surface area contributed by atoms with Gasteiger partial charge in [-0.3, -0.25) is 14.6 Å². The quantitative estimate of drug-likeness (QED) is 0.792. The Morgan fingerprint density at radius 3 is 2.54 bits per heavy atom. The maximum Gasteiger partial charge on any atom is 0.255 e. The molecular formula is C23H29N3O2. The van der Waals surface area contributed by atoms with Crippen molar-refractivity contribution in [1.29, 1.82) is 0 Å². The van der Waals surface area contributed by atoms with Gasteiger partial charge in [0.05, 0.1) is 11.3 Å². The first-order valence-corrected chi connectivity index (χ1v) is 10.1. The van der Waals surface area contributed by atoms with Crippen LogP contribution in [-0.4, -0.2) is 35.3 Å². The third-order valence-electron chi connectivity index (χ3n) is 5.63. The van der Waals surface area contributed by atoms with Gasteiger partial charge < -0.3 is 10.2 Å². The van der Waals surface area contributed by atoms with Crippen LogP contribution in [0.25, 0.3) is 0 Å². The van der Waals surface area contributed by atoms with Crippen LogP contribution in [0.4, 0.5) is 5.69 Å². The molecule has 1 aliphatic rings. The normalized spacial score (nSPS) is 14.5. The molecule has 1 aromatic carbocycles. The summed E-state index contributed by atoms with van der Waals surface area (Å²) >= 11 is 0. The molecule has 2 aromatic rings. The maximum atomic E-state index is 13.1. The number of amides is 2. The summed E-state index contributed by atoms with van der Waals surface area (Å²) in [5.74, 6) is 0.438. The Balaban J connectivity index is 1.71. The van der Waals surface area contributed by atoms with Crippen LogP contribution in [0.1, 0.15) is 64.8 Å². The highest BCUT2D eigenvalue weighted by Crippen LogP contribution is 2.27. The second-order valence-electron chi connectivity index (χ2n) is 7.71. The number of benzene rings is 1. The number of aromatic nitrogens is 1. The Bertz CT molecular complexity index is 814. The molecule has 5 nitrogen and oxygen atoms in total. The van der Waals surface area contributed by atoms with E-state index in [1.165, 1.54) is 32.1 Å². The summed E-state index contributed by atoms with van der Waals surface area (Å²) in [5, 5.41) is 2.92. The molecule has 0 unspecified atom stereocenters. The Morgan fingerprint density at radius 1 is 1.11 bits per heavy atom. The van der Waals surface area contributed by atoms with E-state index in [4.69, 9.17) is 0 Å². The van der Waals surface area contributed by atoms with Crippen molar-refractivity contribution in [1.82, 2.24) is 9.88 Å². The number of rotatable bonds is 6. The number of hydrogen-bond donors (Lipinski definition) is 1. The number of nitrogens with zero attached hydrogens (tertiary/aromatic N) is 2. The Morgan fingerprint density at radius 2 is 1.82 bits per heavy atom. The van der Waals surface area contributed by atoms with Crippen molar-refractivity contribution in [2.24, 2.45) is 5.92 Å². The third kappa shape index (κ3) is 4.97. The molecular weight excluding hydrogens is 350 g/mol. The molecule has 0 atom stereocenters. The topological polar surface area (TPSA) is 62.3 Å². The summed E-state index contributed by atoms with van der Waals surface area (Å²) in [6.07, 6.45) is 10.7. The lowest BCUT2D eigenvalue weighted by molar-refractivity contribution is 0.0784. The minimum Gasteiger partial charge on any atom is -0.342 e. The highest BCUT2D eigenvalue weighted by Gasteiger charge is 2.21. The van der Waals surface area contributed by atoms with Gasteiger partial charge in [-0.1, -0.05) is 44.2 Å². The van der Waals surface area contributed by atoms with Crippen molar-refractivity contribution < 1.29 is 9.59 Å². The van der Waals surface area contributed by atoms with Gasteiger partial charge in [-0.15, -0.1) is 0 Å². The van der Waals surface area contributed by atoms with Gasteiger partial charge in [0.25, 0.3) is 11.8 Å². The van der Waals surface area contributed by atoms with E-state index in [1.807, 2.05) is 26.1 Å². The average Bonchev–Trinajstić information content (AvgIpc) is 2.74. The highest BCUT2D eigenvalue weighted by atomic mass is 16.2. The molecule has 5 heteroatoms. The SMILES string of the molecule is Cc1cccc(C(=O)N(C)CCC2CCCCC2)c1NC(=O)c1ccncc1. The van der Waals surface area contributed by atoms with E-state index in [1.54, 1.807) is 35.5 Å². The van der Waals surface area contributed by atoms with Gasteiger partial charge in [-0.25, -0.2) is 0 Å². The van der Waals surface area contributed by atoms with E-state index in [0.717, 1.165) is 24.4 Å². The van der Waals surface area contributed by atoms with E-state index in [-0.39, 0.29) is 11.8 Å². The maximum absolute atomic E-state index is 13.1. The molecule has 0 radical (unpaired) electrons. The first-order valence-electron chi connectivity index (χ1n) is 10.1. The molecule has 1 fully saturated rings. The number of para-hydroxylation sites is 1. The number of anilines is 1. The van der Waals surface area contributed by atoms with Gasteiger partial charge in [0.1, 0.15) is 0 Å². The minimum absolute atomic E-state index is 0.0514. The zero-order valence-corrected chi connectivity index (χ0v) is 16.8. The van der Waals surface area contributed by atoms with E-state index in [0.29, 0.717) is 16.8 Å². The molecule has 3 rings (SSSR count). The summed E-state index contributed by atoms with van der Waals surface area (Å²) in [6.45, 7) is 2.65. The van der Waals surface area contributed by atoms with Crippen LogP contribution in [0.2, 0.25) is 0 Å². The second kappa shape index (κ2) is 9.49. The molecule has 1 N–H and O–H groups in total. The molecule has 28 heavy (non-hydrogen) atoms. The standard InChI is InChI=1S/C23H29N3O2/c1-17-7-6-10-20(21(17)25-22(27)19-11-14-24-15-12-19)23(28)26(2)16-13-18-8-4-3-5-9-18/h6-7,10-12,14-15,18H,3-5,8-9,13,16H2,1-2H3,(H,25,27). The van der Waals surface area contributed by atoms with Crippen LogP contribution in [-0.2, 0) is 0 Å². The van der Waals surface area contributed by atoms with Gasteiger partial charge in [-0.2, -0.15) is 0 Å². The second-order valence-corrected chi connectivity index (χ2v) is 7.71. The summed E-state index contributed by atoms with van der Waals surface area (Å²) in [7, 11) is 1.85. The van der Waals surface area contributed by atoms with Gasteiger partial charge in [0, 0.05) is 31.5 Å². The molecule has 1 saturated carbocycles. The average molecular weight is 380 g/mol. The van der Waals surface area contributed by atoms with Crippen LogP contribution in [0.3, 0.4) is 0 Å². The molecule has 0 spiro atoms. The van der Waals surface area contributed by atoms with Gasteiger partial charge in [0.15, 0.2) is 0 Å². The zero-order chi connectivity index (χ0) is 19.9. The smallest absolute Gasteiger partial charge is 0.255 e. The van der Waals surface area contributed by atoms with Crippen molar-refractivity contribution in [3.8, 4) is 0 Å². The lowest BCUT2D eigenvalue weighted by Crippen LogP contribution is -2.30. The number of hydrogen-bond acceptors (Lipinski definition) is 3. The number of pyridine rings is 1. The van der Waals surface area contributed by atoms with Crippen molar-refractivity contribution in [2.45, 2.75) is 45.4 Å². The van der Waals surface area contributed by atoms with Gasteiger partial charge >= 0.3 is 0 Å². The molecule has 148 valence electrons. The molecule has 0 bridgehead atoms. The monoisotopic (exact) mass is 379 g/mol. The minimum atomic E-state index is -0.240. The Hall–Kier alpha value is -2.69. The summed E-state index contributed by atoms with van der Waals surface area (Å²) in [4.78, 5) is 31.4.